The second-order valence-electron chi connectivity index (χ2n) is 6.75. The topological polar surface area (TPSA) is 65.1 Å². The van der Waals surface area contributed by atoms with E-state index in [2.05, 4.69) is 12.1 Å². The molecule has 6 heteroatoms. The number of methoxy groups -OCH3 is 1. The van der Waals surface area contributed by atoms with E-state index >= 15 is 0 Å². The molecule has 1 aromatic carbocycles. The molecule has 0 bridgehead atoms. The van der Waals surface area contributed by atoms with Gasteiger partial charge in [-0.3, -0.25) is 9.69 Å². The monoisotopic (exact) mass is 347 g/mol. The van der Waals surface area contributed by atoms with Crippen molar-refractivity contribution in [2.24, 2.45) is 0 Å². The highest BCUT2D eigenvalue weighted by Gasteiger charge is 2.32. The first-order valence-electron chi connectivity index (χ1n) is 8.81. The molecule has 0 N–H and O–H groups in total. The van der Waals surface area contributed by atoms with Crippen LogP contribution in [0.15, 0.2) is 24.3 Å². The lowest BCUT2D eigenvalue weighted by Crippen LogP contribution is -2.25. The molecule has 1 saturated heterocycles. The normalized spacial score (nSPS) is 26.4. The molecule has 1 amide bonds. The predicted molar refractivity (Wildman–Crippen MR) is 92.7 cm³/mol. The fourth-order valence-corrected chi connectivity index (χ4v) is 3.68. The number of hydrogen-bond donors (Lipinski definition) is 0. The van der Waals surface area contributed by atoms with Crippen molar-refractivity contribution in [3.8, 4) is 0 Å². The number of rotatable bonds is 5. The lowest BCUT2D eigenvalue weighted by Gasteiger charge is -2.28. The second-order valence-corrected chi connectivity index (χ2v) is 6.75. The summed E-state index contributed by atoms with van der Waals surface area (Å²) in [4.78, 5) is 24.7. The molecule has 1 aromatic rings. The summed E-state index contributed by atoms with van der Waals surface area (Å²) in [5.74, 6) is 0.282. The summed E-state index contributed by atoms with van der Waals surface area (Å²) >= 11 is 0. The Labute approximate surface area is 148 Å². The average Bonchev–Trinajstić information content (AvgIpc) is 2.96. The zero-order valence-corrected chi connectivity index (χ0v) is 14.8. The number of carbonyl (C=O) groups excluding carboxylic acids is 2. The van der Waals surface area contributed by atoms with Crippen LogP contribution < -0.4 is 4.90 Å². The molecule has 6 nitrogen and oxygen atoms in total. The van der Waals surface area contributed by atoms with E-state index in [1.54, 1.807) is 12.0 Å². The lowest BCUT2D eigenvalue weighted by atomic mass is 9.82. The van der Waals surface area contributed by atoms with Gasteiger partial charge in [-0.25, -0.2) is 4.79 Å². The smallest absolute Gasteiger partial charge is 0.414 e. The SMILES string of the molecule is COCC1CN(c2ccc(C3CCC(OC(C)=O)CC3)cc2)C(=O)O1. The van der Waals surface area contributed by atoms with Crippen molar-refractivity contribution in [1.29, 1.82) is 0 Å². The molecule has 2 fully saturated rings. The summed E-state index contributed by atoms with van der Waals surface area (Å²) in [6.07, 6.45) is 3.36. The fourth-order valence-electron chi connectivity index (χ4n) is 3.68. The number of nitrogens with zero attached hydrogens (tertiary/aromatic N) is 1. The van der Waals surface area contributed by atoms with Crippen LogP contribution in [0.25, 0.3) is 0 Å². The number of esters is 1. The van der Waals surface area contributed by atoms with E-state index in [1.165, 1.54) is 12.5 Å². The molecule has 25 heavy (non-hydrogen) atoms. The molecule has 2 aliphatic rings. The van der Waals surface area contributed by atoms with Crippen molar-refractivity contribution in [2.45, 2.75) is 50.7 Å². The van der Waals surface area contributed by atoms with Crippen LogP contribution in [0.5, 0.6) is 0 Å². The van der Waals surface area contributed by atoms with Crippen molar-refractivity contribution in [1.82, 2.24) is 0 Å². The Kier molecular flexibility index (Phi) is 5.58. The van der Waals surface area contributed by atoms with Gasteiger partial charge in [-0.15, -0.1) is 0 Å². The summed E-state index contributed by atoms with van der Waals surface area (Å²) in [6, 6.07) is 8.13. The number of cyclic esters (lactones) is 1. The van der Waals surface area contributed by atoms with Gasteiger partial charge in [0, 0.05) is 19.7 Å². The summed E-state index contributed by atoms with van der Waals surface area (Å²) in [6.45, 7) is 2.39. The standard InChI is InChI=1S/C19H25NO5/c1-13(21)24-17-9-5-15(6-10-17)14-3-7-16(8-4-14)20-11-18(12-23-2)25-19(20)22/h3-4,7-8,15,17-18H,5-6,9-12H2,1-2H3. The maximum Gasteiger partial charge on any atom is 0.414 e. The fraction of sp³-hybridized carbons (Fsp3) is 0.579. The van der Waals surface area contributed by atoms with E-state index in [0.29, 0.717) is 19.1 Å². The molecule has 0 spiro atoms. The van der Waals surface area contributed by atoms with Gasteiger partial charge >= 0.3 is 12.1 Å². The predicted octanol–water partition coefficient (Wildman–Crippen LogP) is 3.25. The summed E-state index contributed by atoms with van der Waals surface area (Å²) in [5.41, 5.74) is 2.12. The highest BCUT2D eigenvalue weighted by molar-refractivity contribution is 5.89. The summed E-state index contributed by atoms with van der Waals surface area (Å²) in [5, 5.41) is 0. The van der Waals surface area contributed by atoms with Crippen molar-refractivity contribution < 1.29 is 23.8 Å². The van der Waals surface area contributed by atoms with E-state index in [9.17, 15) is 9.59 Å². The molecule has 1 aliphatic heterocycles. The highest BCUT2D eigenvalue weighted by atomic mass is 16.6. The molecule has 1 atom stereocenters. The molecule has 136 valence electrons. The highest BCUT2D eigenvalue weighted by Crippen LogP contribution is 2.35. The van der Waals surface area contributed by atoms with Gasteiger partial charge in [0.1, 0.15) is 12.2 Å². The van der Waals surface area contributed by atoms with Crippen molar-refractivity contribution >= 4 is 17.7 Å². The van der Waals surface area contributed by atoms with Crippen LogP contribution in [0.2, 0.25) is 0 Å². The van der Waals surface area contributed by atoms with Crippen LogP contribution >= 0.6 is 0 Å². The Bertz CT molecular complexity index is 607. The van der Waals surface area contributed by atoms with Gasteiger partial charge in [0.2, 0.25) is 0 Å². The Morgan fingerprint density at radius 2 is 1.88 bits per heavy atom. The van der Waals surface area contributed by atoms with E-state index in [0.717, 1.165) is 31.4 Å². The summed E-state index contributed by atoms with van der Waals surface area (Å²) in [7, 11) is 1.60. The third-order valence-electron chi connectivity index (χ3n) is 4.91. The van der Waals surface area contributed by atoms with E-state index < -0.39 is 0 Å². The van der Waals surface area contributed by atoms with E-state index in [1.807, 2.05) is 12.1 Å². The number of amides is 1. The zero-order valence-electron chi connectivity index (χ0n) is 14.8. The minimum Gasteiger partial charge on any atom is -0.463 e. The molecule has 3 rings (SSSR count). The number of benzene rings is 1. The Morgan fingerprint density at radius 3 is 2.48 bits per heavy atom. The summed E-state index contributed by atoms with van der Waals surface area (Å²) < 4.78 is 15.6. The second kappa shape index (κ2) is 7.87. The van der Waals surface area contributed by atoms with Gasteiger partial charge < -0.3 is 14.2 Å². The Morgan fingerprint density at radius 1 is 1.20 bits per heavy atom. The molecule has 0 aromatic heterocycles. The van der Waals surface area contributed by atoms with Gasteiger partial charge in [0.15, 0.2) is 0 Å². The number of anilines is 1. The van der Waals surface area contributed by atoms with Crippen LogP contribution in [-0.2, 0) is 19.0 Å². The third-order valence-corrected chi connectivity index (χ3v) is 4.91. The lowest BCUT2D eigenvalue weighted by molar-refractivity contribution is -0.147. The first-order valence-corrected chi connectivity index (χ1v) is 8.81. The van der Waals surface area contributed by atoms with Gasteiger partial charge in [-0.2, -0.15) is 0 Å². The third kappa shape index (κ3) is 4.31. The van der Waals surface area contributed by atoms with E-state index in [4.69, 9.17) is 14.2 Å². The Balaban J connectivity index is 1.58. The van der Waals surface area contributed by atoms with Crippen LogP contribution in [0.1, 0.15) is 44.1 Å². The van der Waals surface area contributed by atoms with Crippen molar-refractivity contribution in [3.63, 3.8) is 0 Å². The van der Waals surface area contributed by atoms with Crippen molar-refractivity contribution in [3.05, 3.63) is 29.8 Å². The first-order chi connectivity index (χ1) is 12.1. The maximum atomic E-state index is 12.0. The Hall–Kier alpha value is -2.08. The maximum absolute atomic E-state index is 12.0. The minimum atomic E-state index is -0.323. The number of carbonyl (C=O) groups is 2. The van der Waals surface area contributed by atoms with E-state index in [-0.39, 0.29) is 24.3 Å². The largest absolute Gasteiger partial charge is 0.463 e. The number of ether oxygens (including phenoxy) is 3. The van der Waals surface area contributed by atoms with Crippen molar-refractivity contribution in [2.75, 3.05) is 25.2 Å². The van der Waals surface area contributed by atoms with Gasteiger partial charge in [0.25, 0.3) is 0 Å². The molecule has 1 unspecified atom stereocenters. The van der Waals surface area contributed by atoms with Crippen LogP contribution in [0.4, 0.5) is 10.5 Å². The quantitative estimate of drug-likeness (QED) is 0.765. The van der Waals surface area contributed by atoms with Crippen LogP contribution in [-0.4, -0.2) is 44.5 Å². The average molecular weight is 347 g/mol. The molecule has 1 heterocycles. The zero-order chi connectivity index (χ0) is 17.8. The molecular weight excluding hydrogens is 322 g/mol. The van der Waals surface area contributed by atoms with Crippen LogP contribution in [0.3, 0.4) is 0 Å². The molecular formula is C19H25NO5. The number of hydrogen-bond acceptors (Lipinski definition) is 5. The van der Waals surface area contributed by atoms with Gasteiger partial charge in [0.05, 0.1) is 13.2 Å². The van der Waals surface area contributed by atoms with Gasteiger partial charge in [-0.05, 0) is 49.3 Å². The van der Waals surface area contributed by atoms with Crippen LogP contribution in [0, 0.1) is 0 Å². The molecule has 1 saturated carbocycles. The molecule has 1 aliphatic carbocycles. The molecule has 0 radical (unpaired) electrons. The van der Waals surface area contributed by atoms with Gasteiger partial charge in [-0.1, -0.05) is 12.1 Å². The first kappa shape index (κ1) is 17.7. The minimum absolute atomic E-state index is 0.0603.